The lowest BCUT2D eigenvalue weighted by molar-refractivity contribution is 0.713. The summed E-state index contributed by atoms with van der Waals surface area (Å²) in [6.07, 6.45) is 2.28. The van der Waals surface area contributed by atoms with Crippen LogP contribution in [0.15, 0.2) is 40.2 Å². The second-order valence-electron chi connectivity index (χ2n) is 6.29. The molecule has 1 unspecified atom stereocenters. The Morgan fingerprint density at radius 3 is 2.65 bits per heavy atom. The minimum Gasteiger partial charge on any atom is -0.356 e. The highest BCUT2D eigenvalue weighted by Gasteiger charge is 2.08. The molecule has 0 amide bonds. The van der Waals surface area contributed by atoms with Crippen LogP contribution in [0.2, 0.25) is 0 Å². The largest absolute Gasteiger partial charge is 0.356 e. The van der Waals surface area contributed by atoms with E-state index in [1.165, 1.54) is 4.90 Å². The van der Waals surface area contributed by atoms with Crippen LogP contribution in [0.1, 0.15) is 38.3 Å². The standard InChI is InChI=1S/C19H30N6S/c1-5-6-12-20-19(22-14-18-24-23-16(3)25(18)4)21-13-15(2)26-17-10-8-7-9-11-17/h7-11,15H,5-6,12-14H2,1-4H3,(H2,20,21,22). The molecule has 0 fully saturated rings. The molecule has 0 saturated carbocycles. The van der Waals surface area contributed by atoms with Gasteiger partial charge in [-0.25, -0.2) is 4.99 Å². The van der Waals surface area contributed by atoms with Crippen LogP contribution >= 0.6 is 11.8 Å². The molecule has 2 N–H and O–H groups in total. The van der Waals surface area contributed by atoms with Crippen molar-refractivity contribution in [2.75, 3.05) is 13.1 Å². The third kappa shape index (κ3) is 6.71. The second-order valence-corrected chi connectivity index (χ2v) is 7.80. The Morgan fingerprint density at radius 1 is 1.23 bits per heavy atom. The Morgan fingerprint density at radius 2 is 2.00 bits per heavy atom. The van der Waals surface area contributed by atoms with Gasteiger partial charge in [0.05, 0.1) is 0 Å². The SMILES string of the molecule is CCCCNC(=NCc1nnc(C)n1C)NCC(C)Sc1ccccc1. The molecule has 0 bridgehead atoms. The molecule has 1 heterocycles. The molecule has 2 aromatic rings. The lowest BCUT2D eigenvalue weighted by Crippen LogP contribution is -2.40. The normalized spacial score (nSPS) is 12.8. The number of hydrogen-bond donors (Lipinski definition) is 2. The van der Waals surface area contributed by atoms with Crippen LogP contribution in [0.4, 0.5) is 0 Å². The topological polar surface area (TPSA) is 67.1 Å². The van der Waals surface area contributed by atoms with Crippen molar-refractivity contribution in [1.82, 2.24) is 25.4 Å². The van der Waals surface area contributed by atoms with E-state index in [9.17, 15) is 0 Å². The van der Waals surface area contributed by atoms with E-state index in [1.54, 1.807) is 0 Å². The first-order valence-corrected chi connectivity index (χ1v) is 10.1. The van der Waals surface area contributed by atoms with E-state index in [1.807, 2.05) is 36.4 Å². The van der Waals surface area contributed by atoms with Gasteiger partial charge >= 0.3 is 0 Å². The number of rotatable bonds is 9. The van der Waals surface area contributed by atoms with E-state index in [0.717, 1.165) is 43.5 Å². The maximum Gasteiger partial charge on any atom is 0.191 e. The molecule has 0 aliphatic rings. The molecule has 2 rings (SSSR count). The molecule has 1 aromatic heterocycles. The maximum atomic E-state index is 4.68. The summed E-state index contributed by atoms with van der Waals surface area (Å²) in [6, 6.07) is 10.5. The number of aliphatic imine (C=N–C) groups is 1. The first-order valence-electron chi connectivity index (χ1n) is 9.19. The average molecular weight is 375 g/mol. The van der Waals surface area contributed by atoms with Crippen molar-refractivity contribution >= 4 is 17.7 Å². The van der Waals surface area contributed by atoms with Gasteiger partial charge in [0.15, 0.2) is 11.8 Å². The minimum atomic E-state index is 0.438. The smallest absolute Gasteiger partial charge is 0.191 e. The van der Waals surface area contributed by atoms with Crippen LogP contribution < -0.4 is 10.6 Å². The Balaban J connectivity index is 1.90. The Hall–Kier alpha value is -2.02. The monoisotopic (exact) mass is 374 g/mol. The fraction of sp³-hybridized carbons (Fsp3) is 0.526. The molecule has 0 aliphatic carbocycles. The fourth-order valence-corrected chi connectivity index (χ4v) is 3.26. The molecule has 1 aromatic carbocycles. The lowest BCUT2D eigenvalue weighted by Gasteiger charge is -2.16. The molecule has 0 aliphatic heterocycles. The Labute approximate surface area is 160 Å². The predicted octanol–water partition coefficient (Wildman–Crippen LogP) is 3.14. The number of unbranched alkanes of at least 4 members (excludes halogenated alkanes) is 1. The quantitative estimate of drug-likeness (QED) is 0.305. The van der Waals surface area contributed by atoms with E-state index in [2.05, 4.69) is 63.9 Å². The zero-order valence-electron chi connectivity index (χ0n) is 16.2. The molecule has 0 saturated heterocycles. The van der Waals surface area contributed by atoms with Gasteiger partial charge in [0, 0.05) is 30.3 Å². The van der Waals surface area contributed by atoms with Crippen molar-refractivity contribution < 1.29 is 0 Å². The van der Waals surface area contributed by atoms with E-state index in [4.69, 9.17) is 0 Å². The van der Waals surface area contributed by atoms with Gasteiger partial charge < -0.3 is 15.2 Å². The molecule has 6 nitrogen and oxygen atoms in total. The van der Waals surface area contributed by atoms with Crippen molar-refractivity contribution in [2.24, 2.45) is 12.0 Å². The number of hydrogen-bond acceptors (Lipinski definition) is 4. The van der Waals surface area contributed by atoms with Crippen molar-refractivity contribution in [2.45, 2.75) is 50.3 Å². The first kappa shape index (κ1) is 20.3. The number of aryl methyl sites for hydroxylation is 1. The van der Waals surface area contributed by atoms with Gasteiger partial charge in [0.1, 0.15) is 12.4 Å². The summed E-state index contributed by atoms with van der Waals surface area (Å²) in [5, 5.41) is 15.6. The van der Waals surface area contributed by atoms with Gasteiger partial charge in [-0.3, -0.25) is 0 Å². The Bertz CT molecular complexity index is 683. The third-order valence-corrected chi connectivity index (χ3v) is 5.13. The predicted molar refractivity (Wildman–Crippen MR) is 110 cm³/mol. The highest BCUT2D eigenvalue weighted by Crippen LogP contribution is 2.21. The molecule has 26 heavy (non-hydrogen) atoms. The molecule has 7 heteroatoms. The van der Waals surface area contributed by atoms with Crippen molar-refractivity contribution in [3.8, 4) is 0 Å². The van der Waals surface area contributed by atoms with E-state index < -0.39 is 0 Å². The zero-order valence-corrected chi connectivity index (χ0v) is 17.0. The van der Waals surface area contributed by atoms with E-state index in [0.29, 0.717) is 11.8 Å². The van der Waals surface area contributed by atoms with Gasteiger partial charge in [0.25, 0.3) is 0 Å². The molecular weight excluding hydrogens is 344 g/mol. The number of guanidine groups is 1. The van der Waals surface area contributed by atoms with Crippen LogP contribution in [-0.2, 0) is 13.6 Å². The second kappa shape index (κ2) is 10.9. The summed E-state index contributed by atoms with van der Waals surface area (Å²) in [7, 11) is 1.97. The summed E-state index contributed by atoms with van der Waals surface area (Å²) in [5.41, 5.74) is 0. The minimum absolute atomic E-state index is 0.438. The Kier molecular flexibility index (Phi) is 8.47. The van der Waals surface area contributed by atoms with Gasteiger partial charge in [-0.15, -0.1) is 22.0 Å². The summed E-state index contributed by atoms with van der Waals surface area (Å²) in [4.78, 5) is 5.97. The average Bonchev–Trinajstić information content (AvgIpc) is 2.96. The highest BCUT2D eigenvalue weighted by molar-refractivity contribution is 8.00. The van der Waals surface area contributed by atoms with Gasteiger partial charge in [0.2, 0.25) is 0 Å². The lowest BCUT2D eigenvalue weighted by atomic mass is 10.3. The van der Waals surface area contributed by atoms with Crippen LogP contribution in [0, 0.1) is 6.92 Å². The van der Waals surface area contributed by atoms with Crippen LogP contribution in [0.25, 0.3) is 0 Å². The van der Waals surface area contributed by atoms with Gasteiger partial charge in [-0.2, -0.15) is 0 Å². The molecular formula is C19H30N6S. The summed E-state index contributed by atoms with van der Waals surface area (Å²) in [6.45, 7) is 8.63. The van der Waals surface area contributed by atoms with Crippen molar-refractivity contribution in [3.05, 3.63) is 42.0 Å². The summed E-state index contributed by atoms with van der Waals surface area (Å²) < 4.78 is 1.97. The summed E-state index contributed by atoms with van der Waals surface area (Å²) >= 11 is 1.86. The molecule has 0 spiro atoms. The molecule has 142 valence electrons. The van der Waals surface area contributed by atoms with E-state index in [-0.39, 0.29) is 0 Å². The first-order chi connectivity index (χ1) is 12.6. The summed E-state index contributed by atoms with van der Waals surface area (Å²) in [5.74, 6) is 2.60. The van der Waals surface area contributed by atoms with E-state index >= 15 is 0 Å². The van der Waals surface area contributed by atoms with Crippen LogP contribution in [0.5, 0.6) is 0 Å². The van der Waals surface area contributed by atoms with Gasteiger partial charge in [-0.1, -0.05) is 38.5 Å². The number of benzene rings is 1. The van der Waals surface area contributed by atoms with Crippen molar-refractivity contribution in [3.63, 3.8) is 0 Å². The zero-order chi connectivity index (χ0) is 18.8. The molecule has 0 radical (unpaired) electrons. The third-order valence-electron chi connectivity index (χ3n) is 4.02. The highest BCUT2D eigenvalue weighted by atomic mass is 32.2. The van der Waals surface area contributed by atoms with Crippen LogP contribution in [0.3, 0.4) is 0 Å². The van der Waals surface area contributed by atoms with Crippen LogP contribution in [-0.4, -0.2) is 39.1 Å². The maximum absolute atomic E-state index is 4.68. The molecule has 1 atom stereocenters. The van der Waals surface area contributed by atoms with Gasteiger partial charge in [-0.05, 0) is 25.5 Å². The fourth-order valence-electron chi connectivity index (χ4n) is 2.31. The number of nitrogens with one attached hydrogen (secondary N) is 2. The number of thioether (sulfide) groups is 1. The van der Waals surface area contributed by atoms with Crippen molar-refractivity contribution in [1.29, 1.82) is 0 Å². The number of aromatic nitrogens is 3. The number of nitrogens with zero attached hydrogens (tertiary/aromatic N) is 4.